The van der Waals surface area contributed by atoms with Crippen molar-refractivity contribution in [2.24, 2.45) is 5.92 Å². The lowest BCUT2D eigenvalue weighted by Gasteiger charge is -2.19. The molecule has 4 heteroatoms. The molecule has 2 aromatic carbocycles. The first-order valence-corrected chi connectivity index (χ1v) is 8.74. The summed E-state index contributed by atoms with van der Waals surface area (Å²) in [4.78, 5) is 23.6. The van der Waals surface area contributed by atoms with Crippen LogP contribution in [0, 0.1) is 12.8 Å². The van der Waals surface area contributed by atoms with E-state index in [4.69, 9.17) is 0 Å². The molecule has 0 saturated heterocycles. The van der Waals surface area contributed by atoms with Gasteiger partial charge in [-0.1, -0.05) is 42.0 Å². The zero-order valence-corrected chi connectivity index (χ0v) is 14.7. The Morgan fingerprint density at radius 2 is 1.68 bits per heavy atom. The van der Waals surface area contributed by atoms with Gasteiger partial charge in [0.2, 0.25) is 5.91 Å². The van der Waals surface area contributed by atoms with Crippen molar-refractivity contribution in [3.05, 3.63) is 70.8 Å². The number of benzene rings is 2. The molecular weight excluding hydrogens is 312 g/mol. The van der Waals surface area contributed by atoms with Gasteiger partial charge in [0.25, 0.3) is 5.91 Å². The highest BCUT2D eigenvalue weighted by Gasteiger charge is 2.33. The molecule has 0 aliphatic heterocycles. The van der Waals surface area contributed by atoms with Crippen molar-refractivity contribution in [2.75, 3.05) is 0 Å². The van der Waals surface area contributed by atoms with Gasteiger partial charge in [-0.15, -0.1) is 0 Å². The zero-order chi connectivity index (χ0) is 17.8. The van der Waals surface area contributed by atoms with Crippen molar-refractivity contribution in [1.82, 2.24) is 10.6 Å². The van der Waals surface area contributed by atoms with E-state index in [1.54, 1.807) is 0 Å². The number of hydrogen-bond donors (Lipinski definition) is 2. The molecule has 4 nitrogen and oxygen atoms in total. The number of carbonyl (C=O) groups is 2. The van der Waals surface area contributed by atoms with Crippen LogP contribution in [-0.4, -0.2) is 11.8 Å². The minimum atomic E-state index is -0.0628. The van der Waals surface area contributed by atoms with Crippen LogP contribution in [0.25, 0.3) is 0 Å². The fourth-order valence-electron chi connectivity index (χ4n) is 2.90. The van der Waals surface area contributed by atoms with Crippen molar-refractivity contribution in [3.8, 4) is 0 Å². The minimum absolute atomic E-state index is 0.0523. The van der Waals surface area contributed by atoms with Crippen LogP contribution in [0.15, 0.2) is 48.5 Å². The Balaban J connectivity index is 1.67. The van der Waals surface area contributed by atoms with E-state index in [9.17, 15) is 9.59 Å². The SMILES string of the molecule is CC(=O)NCc1ccc(C(=O)N[C@H](c2ccc(C)cc2)C2CC2)cc1. The molecule has 3 rings (SSSR count). The average molecular weight is 336 g/mol. The van der Waals surface area contributed by atoms with Gasteiger partial charge < -0.3 is 10.6 Å². The maximum absolute atomic E-state index is 12.6. The normalized spacial score (nSPS) is 14.6. The molecule has 130 valence electrons. The molecule has 0 spiro atoms. The Morgan fingerprint density at radius 3 is 2.24 bits per heavy atom. The number of aryl methyl sites for hydroxylation is 1. The largest absolute Gasteiger partial charge is 0.352 e. The molecule has 0 bridgehead atoms. The Morgan fingerprint density at radius 1 is 1.04 bits per heavy atom. The number of amides is 2. The van der Waals surface area contributed by atoms with Crippen molar-refractivity contribution in [3.63, 3.8) is 0 Å². The smallest absolute Gasteiger partial charge is 0.251 e. The van der Waals surface area contributed by atoms with Crippen LogP contribution < -0.4 is 10.6 Å². The van der Waals surface area contributed by atoms with E-state index in [0.29, 0.717) is 18.0 Å². The summed E-state index contributed by atoms with van der Waals surface area (Å²) in [6, 6.07) is 15.8. The van der Waals surface area contributed by atoms with Crippen molar-refractivity contribution in [2.45, 2.75) is 39.3 Å². The van der Waals surface area contributed by atoms with E-state index in [1.165, 1.54) is 18.1 Å². The molecule has 2 amide bonds. The molecule has 2 aromatic rings. The van der Waals surface area contributed by atoms with Crippen molar-refractivity contribution >= 4 is 11.8 Å². The summed E-state index contributed by atoms with van der Waals surface area (Å²) in [7, 11) is 0. The molecule has 0 aromatic heterocycles. The quantitative estimate of drug-likeness (QED) is 0.848. The Hall–Kier alpha value is -2.62. The van der Waals surface area contributed by atoms with Gasteiger partial charge >= 0.3 is 0 Å². The van der Waals surface area contributed by atoms with Crippen LogP contribution >= 0.6 is 0 Å². The lowest BCUT2D eigenvalue weighted by atomic mass is 10.0. The Bertz CT molecular complexity index is 746. The molecule has 25 heavy (non-hydrogen) atoms. The highest BCUT2D eigenvalue weighted by molar-refractivity contribution is 5.94. The third-order valence-corrected chi connectivity index (χ3v) is 4.57. The molecule has 1 aliphatic rings. The van der Waals surface area contributed by atoms with Crippen molar-refractivity contribution < 1.29 is 9.59 Å². The van der Waals surface area contributed by atoms with Crippen LogP contribution in [0.1, 0.15) is 52.9 Å². The first-order chi connectivity index (χ1) is 12.0. The third kappa shape index (κ3) is 4.69. The summed E-state index contributed by atoms with van der Waals surface area (Å²) in [6.45, 7) is 4.03. The topological polar surface area (TPSA) is 58.2 Å². The maximum Gasteiger partial charge on any atom is 0.251 e. The van der Waals surface area contributed by atoms with Gasteiger partial charge in [-0.3, -0.25) is 9.59 Å². The lowest BCUT2D eigenvalue weighted by molar-refractivity contribution is -0.119. The summed E-state index contributed by atoms with van der Waals surface area (Å²) in [5, 5.41) is 5.94. The standard InChI is InChI=1S/C21H24N2O2/c1-14-3-7-17(8-4-14)20(18-11-12-18)23-21(25)19-9-5-16(6-10-19)13-22-15(2)24/h3-10,18,20H,11-13H2,1-2H3,(H,22,24)(H,23,25)/t20-/m1/s1. The van der Waals surface area contributed by atoms with Crippen LogP contribution in [0.3, 0.4) is 0 Å². The molecular formula is C21H24N2O2. The molecule has 2 N–H and O–H groups in total. The molecule has 0 heterocycles. The first-order valence-electron chi connectivity index (χ1n) is 8.74. The Kier molecular flexibility index (Phi) is 5.17. The molecule has 0 unspecified atom stereocenters. The van der Waals surface area contributed by atoms with E-state index in [1.807, 2.05) is 24.3 Å². The van der Waals surface area contributed by atoms with Gasteiger partial charge in [0.1, 0.15) is 0 Å². The Labute approximate surface area is 148 Å². The number of rotatable bonds is 6. The maximum atomic E-state index is 12.6. The predicted molar refractivity (Wildman–Crippen MR) is 98.1 cm³/mol. The van der Waals surface area contributed by atoms with Gasteiger partial charge in [-0.2, -0.15) is 0 Å². The van der Waals surface area contributed by atoms with Gasteiger partial charge in [-0.05, 0) is 48.9 Å². The molecule has 1 atom stereocenters. The highest BCUT2D eigenvalue weighted by Crippen LogP contribution is 2.41. The minimum Gasteiger partial charge on any atom is -0.352 e. The summed E-state index contributed by atoms with van der Waals surface area (Å²) in [6.07, 6.45) is 2.32. The summed E-state index contributed by atoms with van der Waals surface area (Å²) >= 11 is 0. The van der Waals surface area contributed by atoms with Crippen LogP contribution in [0.4, 0.5) is 0 Å². The molecule has 0 radical (unpaired) electrons. The van der Waals surface area contributed by atoms with Crippen molar-refractivity contribution in [1.29, 1.82) is 0 Å². The third-order valence-electron chi connectivity index (χ3n) is 4.57. The van der Waals surface area contributed by atoms with Gasteiger partial charge in [0.05, 0.1) is 6.04 Å². The number of carbonyl (C=O) groups excluding carboxylic acids is 2. The van der Waals surface area contributed by atoms with E-state index >= 15 is 0 Å². The van der Waals surface area contributed by atoms with E-state index in [0.717, 1.165) is 18.4 Å². The van der Waals surface area contributed by atoms with Gasteiger partial charge in [0.15, 0.2) is 0 Å². The van der Waals surface area contributed by atoms with Crippen LogP contribution in [0.2, 0.25) is 0 Å². The fourth-order valence-corrected chi connectivity index (χ4v) is 2.90. The number of nitrogens with one attached hydrogen (secondary N) is 2. The molecule has 1 saturated carbocycles. The lowest BCUT2D eigenvalue weighted by Crippen LogP contribution is -2.30. The average Bonchev–Trinajstić information content (AvgIpc) is 3.44. The summed E-state index contributed by atoms with van der Waals surface area (Å²) in [5.74, 6) is 0.418. The molecule has 1 fully saturated rings. The second-order valence-corrected chi connectivity index (χ2v) is 6.81. The monoisotopic (exact) mass is 336 g/mol. The zero-order valence-electron chi connectivity index (χ0n) is 14.7. The van der Waals surface area contributed by atoms with Crippen LogP contribution in [-0.2, 0) is 11.3 Å². The second kappa shape index (κ2) is 7.51. The first kappa shape index (κ1) is 17.2. The van der Waals surface area contributed by atoms with E-state index in [2.05, 4.69) is 41.8 Å². The van der Waals surface area contributed by atoms with Crippen LogP contribution in [0.5, 0.6) is 0 Å². The number of hydrogen-bond acceptors (Lipinski definition) is 2. The predicted octanol–water partition coefficient (Wildman–Crippen LogP) is 3.51. The van der Waals surface area contributed by atoms with Gasteiger partial charge in [0, 0.05) is 19.0 Å². The summed E-state index contributed by atoms with van der Waals surface area (Å²) < 4.78 is 0. The van der Waals surface area contributed by atoms with E-state index in [-0.39, 0.29) is 17.9 Å². The fraction of sp³-hybridized carbons (Fsp3) is 0.333. The van der Waals surface area contributed by atoms with E-state index < -0.39 is 0 Å². The summed E-state index contributed by atoms with van der Waals surface area (Å²) in [5.41, 5.74) is 4.01. The van der Waals surface area contributed by atoms with Gasteiger partial charge in [-0.25, -0.2) is 0 Å². The highest BCUT2D eigenvalue weighted by atomic mass is 16.2. The second-order valence-electron chi connectivity index (χ2n) is 6.81. The molecule has 1 aliphatic carbocycles.